The molecule has 0 saturated heterocycles. The lowest BCUT2D eigenvalue weighted by molar-refractivity contribution is -0.124. The molecule has 0 aromatic carbocycles. The number of aryl methyl sites for hydroxylation is 1. The van der Waals surface area contributed by atoms with Crippen LogP contribution < -0.4 is 4.90 Å². The number of nitrogens with zero attached hydrogens (tertiary/aromatic N) is 4. The fourth-order valence-corrected chi connectivity index (χ4v) is 3.32. The molecule has 0 radical (unpaired) electrons. The Morgan fingerprint density at radius 2 is 1.52 bits per heavy atom. The standard InChI is InChI=1S/C19H30N4O2/c1-15-20-19(22(16(2)24)17(3)25)21-23(15)18-13-11-9-7-5-4-6-8-10-12-14-18/h13H,4-12,14H2,1-3H3/b18-13+. The highest BCUT2D eigenvalue weighted by Gasteiger charge is 2.22. The number of hydrogen-bond donors (Lipinski definition) is 0. The van der Waals surface area contributed by atoms with Gasteiger partial charge in [-0.1, -0.05) is 44.6 Å². The van der Waals surface area contributed by atoms with E-state index in [0.29, 0.717) is 5.82 Å². The van der Waals surface area contributed by atoms with E-state index in [0.717, 1.165) is 29.9 Å². The molecule has 0 bridgehead atoms. The number of carbonyl (C=O) groups is 2. The van der Waals surface area contributed by atoms with Gasteiger partial charge in [-0.3, -0.25) is 9.59 Å². The quantitative estimate of drug-likeness (QED) is 0.803. The Hall–Kier alpha value is -1.98. The fraction of sp³-hybridized carbons (Fsp3) is 0.684. The van der Waals surface area contributed by atoms with Crippen LogP contribution in [-0.2, 0) is 9.59 Å². The Morgan fingerprint density at radius 1 is 0.960 bits per heavy atom. The summed E-state index contributed by atoms with van der Waals surface area (Å²) in [6.07, 6.45) is 14.3. The van der Waals surface area contributed by atoms with Gasteiger partial charge in [0.15, 0.2) is 0 Å². The van der Waals surface area contributed by atoms with Crippen molar-refractivity contribution in [2.45, 2.75) is 85.0 Å². The number of rotatable bonds is 2. The Morgan fingerprint density at radius 3 is 2.12 bits per heavy atom. The molecule has 2 rings (SSSR count). The van der Waals surface area contributed by atoms with Gasteiger partial charge in [0.25, 0.3) is 5.95 Å². The minimum atomic E-state index is -0.364. The van der Waals surface area contributed by atoms with Crippen molar-refractivity contribution in [2.75, 3.05) is 4.90 Å². The Bertz CT molecular complexity index is 619. The Balaban J connectivity index is 2.24. The van der Waals surface area contributed by atoms with Crippen molar-refractivity contribution in [2.24, 2.45) is 0 Å². The maximum Gasteiger partial charge on any atom is 0.259 e. The predicted molar refractivity (Wildman–Crippen MR) is 99.0 cm³/mol. The zero-order valence-corrected chi connectivity index (χ0v) is 15.8. The first-order chi connectivity index (χ1) is 12.0. The molecule has 1 aromatic heterocycles. The maximum atomic E-state index is 11.7. The second kappa shape index (κ2) is 9.49. The van der Waals surface area contributed by atoms with Gasteiger partial charge in [0.1, 0.15) is 5.82 Å². The van der Waals surface area contributed by atoms with Crippen molar-refractivity contribution in [3.8, 4) is 0 Å². The van der Waals surface area contributed by atoms with E-state index in [1.165, 1.54) is 58.8 Å². The molecule has 6 heteroatoms. The topological polar surface area (TPSA) is 68.1 Å². The smallest absolute Gasteiger partial charge is 0.259 e. The minimum absolute atomic E-state index is 0.171. The van der Waals surface area contributed by atoms with Crippen molar-refractivity contribution in [3.05, 3.63) is 11.9 Å². The number of amides is 2. The van der Waals surface area contributed by atoms with Crippen LogP contribution in [-0.4, -0.2) is 26.6 Å². The van der Waals surface area contributed by atoms with Crippen LogP contribution in [0.4, 0.5) is 5.95 Å². The van der Waals surface area contributed by atoms with Crippen LogP contribution in [0, 0.1) is 6.92 Å². The van der Waals surface area contributed by atoms with E-state index in [-0.39, 0.29) is 17.8 Å². The largest absolute Gasteiger partial charge is 0.274 e. The van der Waals surface area contributed by atoms with Gasteiger partial charge in [-0.2, -0.15) is 4.98 Å². The molecule has 0 aliphatic heterocycles. The molecular formula is C19H30N4O2. The second-order valence-corrected chi connectivity index (χ2v) is 6.81. The number of imide groups is 1. The maximum absolute atomic E-state index is 11.7. The van der Waals surface area contributed by atoms with E-state index in [1.807, 2.05) is 6.92 Å². The van der Waals surface area contributed by atoms with Crippen LogP contribution in [0.25, 0.3) is 5.70 Å². The zero-order valence-electron chi connectivity index (χ0n) is 15.8. The van der Waals surface area contributed by atoms with Gasteiger partial charge >= 0.3 is 0 Å². The lowest BCUT2D eigenvalue weighted by atomic mass is 10.0. The minimum Gasteiger partial charge on any atom is -0.274 e. The predicted octanol–water partition coefficient (Wildman–Crippen LogP) is 4.24. The van der Waals surface area contributed by atoms with E-state index in [4.69, 9.17) is 0 Å². The first-order valence-electron chi connectivity index (χ1n) is 9.45. The summed E-state index contributed by atoms with van der Waals surface area (Å²) in [5, 5.41) is 4.47. The van der Waals surface area contributed by atoms with Crippen LogP contribution in [0.3, 0.4) is 0 Å². The molecule has 0 fully saturated rings. The van der Waals surface area contributed by atoms with E-state index < -0.39 is 0 Å². The summed E-state index contributed by atoms with van der Waals surface area (Å²) in [7, 11) is 0. The molecule has 1 heterocycles. The number of hydrogen-bond acceptors (Lipinski definition) is 4. The van der Waals surface area contributed by atoms with Gasteiger partial charge in [-0.05, 0) is 32.6 Å². The number of carbonyl (C=O) groups excluding carboxylic acids is 2. The number of aromatic nitrogens is 3. The Labute approximate surface area is 150 Å². The molecule has 1 aliphatic rings. The third-order valence-electron chi connectivity index (χ3n) is 4.63. The summed E-state index contributed by atoms with van der Waals surface area (Å²) in [6.45, 7) is 4.57. The van der Waals surface area contributed by atoms with E-state index in [2.05, 4.69) is 16.2 Å². The molecule has 6 nitrogen and oxygen atoms in total. The molecule has 0 atom stereocenters. The number of anilines is 1. The van der Waals surface area contributed by atoms with Crippen LogP contribution in [0.15, 0.2) is 6.08 Å². The van der Waals surface area contributed by atoms with Crippen molar-refractivity contribution < 1.29 is 9.59 Å². The van der Waals surface area contributed by atoms with Crippen molar-refractivity contribution in [1.82, 2.24) is 14.8 Å². The van der Waals surface area contributed by atoms with Crippen LogP contribution in [0.5, 0.6) is 0 Å². The van der Waals surface area contributed by atoms with Gasteiger partial charge in [0, 0.05) is 19.5 Å². The molecule has 2 amide bonds. The first kappa shape index (κ1) is 19.3. The third kappa shape index (κ3) is 5.51. The molecular weight excluding hydrogens is 316 g/mol. The van der Waals surface area contributed by atoms with Crippen molar-refractivity contribution >= 4 is 23.5 Å². The third-order valence-corrected chi connectivity index (χ3v) is 4.63. The highest BCUT2D eigenvalue weighted by Crippen LogP contribution is 2.22. The summed E-state index contributed by atoms with van der Waals surface area (Å²) in [5.74, 6) is 0.153. The summed E-state index contributed by atoms with van der Waals surface area (Å²) in [6, 6.07) is 0. The molecule has 1 aliphatic carbocycles. The zero-order chi connectivity index (χ0) is 18.2. The molecule has 0 N–H and O–H groups in total. The van der Waals surface area contributed by atoms with E-state index >= 15 is 0 Å². The summed E-state index contributed by atoms with van der Waals surface area (Å²) in [5.41, 5.74) is 1.13. The SMILES string of the molecule is CC(=O)N(C(C)=O)c1nc(C)n(/C2=C/CCCCCCCCCC2)n1. The van der Waals surface area contributed by atoms with Crippen LogP contribution >= 0.6 is 0 Å². The van der Waals surface area contributed by atoms with Crippen LogP contribution in [0.1, 0.15) is 83.9 Å². The average Bonchev–Trinajstić information content (AvgIpc) is 2.88. The summed E-state index contributed by atoms with van der Waals surface area (Å²) < 4.78 is 1.81. The first-order valence-corrected chi connectivity index (χ1v) is 9.45. The highest BCUT2D eigenvalue weighted by molar-refractivity contribution is 6.11. The molecule has 0 saturated carbocycles. The van der Waals surface area contributed by atoms with E-state index in [1.54, 1.807) is 4.68 Å². The fourth-order valence-electron chi connectivity index (χ4n) is 3.32. The van der Waals surface area contributed by atoms with Gasteiger partial charge < -0.3 is 0 Å². The molecule has 1 aromatic rings. The van der Waals surface area contributed by atoms with Crippen molar-refractivity contribution in [1.29, 1.82) is 0 Å². The molecule has 25 heavy (non-hydrogen) atoms. The molecule has 0 unspecified atom stereocenters. The molecule has 138 valence electrons. The summed E-state index contributed by atoms with van der Waals surface area (Å²) >= 11 is 0. The van der Waals surface area contributed by atoms with Gasteiger partial charge in [-0.15, -0.1) is 5.10 Å². The number of allylic oxidation sites excluding steroid dienone is 2. The average molecular weight is 346 g/mol. The highest BCUT2D eigenvalue weighted by atomic mass is 16.2. The van der Waals surface area contributed by atoms with Gasteiger partial charge in [0.05, 0.1) is 0 Å². The molecule has 0 spiro atoms. The van der Waals surface area contributed by atoms with Crippen molar-refractivity contribution in [3.63, 3.8) is 0 Å². The summed E-state index contributed by atoms with van der Waals surface area (Å²) in [4.78, 5) is 28.9. The van der Waals surface area contributed by atoms with Gasteiger partial charge in [-0.25, -0.2) is 9.58 Å². The second-order valence-electron chi connectivity index (χ2n) is 6.81. The van der Waals surface area contributed by atoms with Gasteiger partial charge in [0.2, 0.25) is 11.8 Å². The lowest BCUT2D eigenvalue weighted by Gasteiger charge is -2.12. The normalized spacial score (nSPS) is 19.2. The lowest BCUT2D eigenvalue weighted by Crippen LogP contribution is -2.34. The monoisotopic (exact) mass is 346 g/mol. The Kier molecular flexibility index (Phi) is 7.34. The van der Waals surface area contributed by atoms with Crippen LogP contribution in [0.2, 0.25) is 0 Å². The van der Waals surface area contributed by atoms with E-state index in [9.17, 15) is 9.59 Å².